The molecule has 5 rings (SSSR count). The van der Waals surface area contributed by atoms with Gasteiger partial charge in [-0.3, -0.25) is 28.7 Å². The van der Waals surface area contributed by atoms with Crippen LogP contribution in [0.4, 0.5) is 21.1 Å². The summed E-state index contributed by atoms with van der Waals surface area (Å²) in [6, 6.07) is 7.64. The molecule has 350 valence electrons. The lowest BCUT2D eigenvalue weighted by Gasteiger charge is -2.36. The molecule has 1 aliphatic rings. The molecule has 0 saturated heterocycles. The van der Waals surface area contributed by atoms with E-state index in [1.165, 1.54) is 11.5 Å². The number of aromatic amines is 1. The van der Waals surface area contributed by atoms with Gasteiger partial charge >= 0.3 is 17.8 Å². The molecule has 2 atom stereocenters. The smallest absolute Gasteiger partial charge is 0.410 e. The van der Waals surface area contributed by atoms with Crippen molar-refractivity contribution in [3.63, 3.8) is 0 Å². The van der Waals surface area contributed by atoms with Crippen molar-refractivity contribution in [2.45, 2.75) is 104 Å². The van der Waals surface area contributed by atoms with Crippen LogP contribution in [0.25, 0.3) is 11.2 Å². The molecular formula is C43H59N13O9. The van der Waals surface area contributed by atoms with Crippen LogP contribution < -0.4 is 43.7 Å². The van der Waals surface area contributed by atoms with Crippen LogP contribution in [-0.4, -0.2) is 110 Å². The van der Waals surface area contributed by atoms with Crippen LogP contribution in [0.2, 0.25) is 0 Å². The van der Waals surface area contributed by atoms with Crippen molar-refractivity contribution in [3.8, 4) is 0 Å². The Morgan fingerprint density at radius 3 is 2.34 bits per heavy atom. The van der Waals surface area contributed by atoms with Crippen LogP contribution in [0.5, 0.6) is 0 Å². The normalized spacial score (nSPS) is 13.3. The van der Waals surface area contributed by atoms with Crippen molar-refractivity contribution in [1.29, 1.82) is 0 Å². The highest BCUT2D eigenvalue weighted by molar-refractivity contribution is 5.98. The van der Waals surface area contributed by atoms with E-state index in [0.29, 0.717) is 46.9 Å². The lowest BCUT2D eigenvalue weighted by molar-refractivity contribution is -0.132. The fourth-order valence-electron chi connectivity index (χ4n) is 6.89. The molecule has 10 N–H and O–H groups in total. The van der Waals surface area contributed by atoms with E-state index in [0.717, 1.165) is 24.8 Å². The summed E-state index contributed by atoms with van der Waals surface area (Å²) < 4.78 is 12.6. The van der Waals surface area contributed by atoms with Crippen molar-refractivity contribution in [2.75, 3.05) is 37.4 Å². The SMILES string of the molecule is CC(=O)NCCOCCC(=O)N[C@H](C(=O)N[C@@H](CCCNC(N)=O)C(=O)Nc1ccc(COC(=O)N(Cc2ccc(Cn3c(=O)[nH]c4c(N)nc(C)nc43)nc2)C2CCC2)cc1)C(C)C. The number of hydrogen-bond acceptors (Lipinski definition) is 13. The van der Waals surface area contributed by atoms with E-state index >= 15 is 0 Å². The number of nitrogens with zero attached hydrogens (tertiary/aromatic N) is 5. The first-order chi connectivity index (χ1) is 31.1. The fourth-order valence-corrected chi connectivity index (χ4v) is 6.89. The van der Waals surface area contributed by atoms with Gasteiger partial charge in [-0.1, -0.05) is 32.0 Å². The van der Waals surface area contributed by atoms with E-state index in [-0.39, 0.29) is 81.7 Å². The van der Waals surface area contributed by atoms with Crippen molar-refractivity contribution in [3.05, 3.63) is 75.7 Å². The van der Waals surface area contributed by atoms with Gasteiger partial charge in [-0.25, -0.2) is 24.4 Å². The predicted molar refractivity (Wildman–Crippen MR) is 239 cm³/mol. The van der Waals surface area contributed by atoms with Crippen LogP contribution in [0.15, 0.2) is 47.4 Å². The van der Waals surface area contributed by atoms with Crippen molar-refractivity contribution in [1.82, 2.24) is 50.7 Å². The Labute approximate surface area is 375 Å². The number of urea groups is 1. The highest BCUT2D eigenvalue weighted by Crippen LogP contribution is 2.27. The van der Waals surface area contributed by atoms with Crippen molar-refractivity contribution < 1.29 is 38.2 Å². The average Bonchev–Trinajstić information content (AvgIpc) is 3.55. The zero-order valence-corrected chi connectivity index (χ0v) is 37.1. The van der Waals surface area contributed by atoms with E-state index in [1.54, 1.807) is 62.2 Å². The number of fused-ring (bicyclic) bond motifs is 1. The van der Waals surface area contributed by atoms with Gasteiger partial charge in [0.15, 0.2) is 11.5 Å². The number of primary amides is 1. The molecule has 0 aliphatic heterocycles. The molecule has 22 heteroatoms. The summed E-state index contributed by atoms with van der Waals surface area (Å²) in [6.07, 6.45) is 4.30. The van der Waals surface area contributed by atoms with E-state index in [2.05, 4.69) is 46.5 Å². The molecule has 3 heterocycles. The maximum Gasteiger partial charge on any atom is 0.410 e. The van der Waals surface area contributed by atoms with Gasteiger partial charge in [0.1, 0.15) is 30.0 Å². The summed E-state index contributed by atoms with van der Waals surface area (Å²) in [7, 11) is 0. The lowest BCUT2D eigenvalue weighted by atomic mass is 9.91. The number of benzene rings is 1. The molecule has 1 saturated carbocycles. The van der Waals surface area contributed by atoms with Gasteiger partial charge in [0.2, 0.25) is 23.6 Å². The first-order valence-electron chi connectivity index (χ1n) is 21.5. The molecule has 0 bridgehead atoms. The number of nitrogens with one attached hydrogen (secondary N) is 6. The number of ether oxygens (including phenoxy) is 2. The van der Waals surface area contributed by atoms with Crippen molar-refractivity contribution >= 4 is 58.4 Å². The summed E-state index contributed by atoms with van der Waals surface area (Å²) in [5.74, 6) is -1.42. The standard InChI is InChI=1S/C43H59N13O9/c1-25(2)35(53-34(58)16-19-64-20-18-46-27(4)57)40(60)52-33(9-6-17-47-41(45)61)39(59)51-30-13-10-28(11-14-30)24-65-43(63)55(32-7-5-8-32)22-29-12-15-31(48-21-29)23-56-38-36(54-42(56)62)37(44)49-26(3)50-38/h10-15,21,25,32-33,35H,5-9,16-20,22-24H2,1-4H3,(H,46,57)(H,51,59)(H,52,60)(H,53,58)(H,54,62)(H2,44,49,50)(H3,45,47,61)/t33-,35-/m0/s1. The van der Waals surface area contributed by atoms with E-state index in [4.69, 9.17) is 20.9 Å². The first kappa shape index (κ1) is 48.9. The molecular weight excluding hydrogens is 843 g/mol. The monoisotopic (exact) mass is 901 g/mol. The number of imidazole rings is 1. The highest BCUT2D eigenvalue weighted by atomic mass is 16.6. The zero-order valence-electron chi connectivity index (χ0n) is 37.1. The van der Waals surface area contributed by atoms with Gasteiger partial charge in [-0.15, -0.1) is 0 Å². The number of aryl methyl sites for hydroxylation is 1. The quantitative estimate of drug-likeness (QED) is 0.0493. The second kappa shape index (κ2) is 23.5. The van der Waals surface area contributed by atoms with Crippen LogP contribution >= 0.6 is 0 Å². The molecule has 1 aromatic carbocycles. The molecule has 7 amide bonds. The van der Waals surface area contributed by atoms with Gasteiger partial charge in [-0.2, -0.15) is 0 Å². The van der Waals surface area contributed by atoms with Crippen LogP contribution in [-0.2, 0) is 48.3 Å². The number of carbonyl (C=O) groups is 6. The van der Waals surface area contributed by atoms with Crippen molar-refractivity contribution in [2.24, 2.45) is 11.7 Å². The number of nitrogen functional groups attached to an aromatic ring is 1. The fraction of sp³-hybridized carbons (Fsp3) is 0.488. The summed E-state index contributed by atoms with van der Waals surface area (Å²) in [5, 5.41) is 13.3. The number of hydrogen-bond donors (Lipinski definition) is 8. The molecule has 0 radical (unpaired) electrons. The zero-order chi connectivity index (χ0) is 47.0. The molecule has 3 aromatic heterocycles. The summed E-state index contributed by atoms with van der Waals surface area (Å²) in [6.45, 7) is 7.77. The Balaban J connectivity index is 1.14. The van der Waals surface area contributed by atoms with Crippen LogP contribution in [0, 0.1) is 12.8 Å². The van der Waals surface area contributed by atoms with Gasteiger partial charge < -0.3 is 57.4 Å². The van der Waals surface area contributed by atoms with Crippen LogP contribution in [0.1, 0.15) is 81.9 Å². The Bertz CT molecular complexity index is 2350. The highest BCUT2D eigenvalue weighted by Gasteiger charge is 2.31. The molecule has 65 heavy (non-hydrogen) atoms. The maximum absolute atomic E-state index is 13.6. The Morgan fingerprint density at radius 1 is 0.954 bits per heavy atom. The van der Waals surface area contributed by atoms with Gasteiger partial charge in [0, 0.05) is 44.4 Å². The number of aromatic nitrogens is 5. The minimum absolute atomic E-state index is 0.0117. The number of anilines is 2. The second-order valence-corrected chi connectivity index (χ2v) is 16.1. The topological polar surface area (TPSA) is 313 Å². The minimum Gasteiger partial charge on any atom is -0.445 e. The summed E-state index contributed by atoms with van der Waals surface area (Å²) in [5.41, 5.74) is 14.0. The third-order valence-corrected chi connectivity index (χ3v) is 10.6. The predicted octanol–water partition coefficient (Wildman–Crippen LogP) is 1.70. The Kier molecular flexibility index (Phi) is 17.7. The average molecular weight is 902 g/mol. The molecule has 0 spiro atoms. The number of pyridine rings is 1. The number of H-pyrrole nitrogens is 1. The number of carbonyl (C=O) groups excluding carboxylic acids is 6. The Hall–Kier alpha value is -7.10. The number of nitrogens with two attached hydrogens (primary N) is 2. The summed E-state index contributed by atoms with van der Waals surface area (Å²) >= 11 is 0. The second-order valence-electron chi connectivity index (χ2n) is 16.1. The third kappa shape index (κ3) is 14.7. The van der Waals surface area contributed by atoms with E-state index < -0.39 is 41.9 Å². The lowest BCUT2D eigenvalue weighted by Crippen LogP contribution is -2.54. The van der Waals surface area contributed by atoms with Crippen LogP contribution in [0.3, 0.4) is 0 Å². The van der Waals surface area contributed by atoms with Gasteiger partial charge in [0.25, 0.3) is 0 Å². The molecule has 22 nitrogen and oxygen atoms in total. The third-order valence-electron chi connectivity index (χ3n) is 10.6. The molecule has 1 fully saturated rings. The molecule has 4 aromatic rings. The van der Waals surface area contributed by atoms with Gasteiger partial charge in [-0.05, 0) is 74.3 Å². The van der Waals surface area contributed by atoms with Gasteiger partial charge in [0.05, 0.1) is 32.0 Å². The largest absolute Gasteiger partial charge is 0.445 e. The van der Waals surface area contributed by atoms with E-state index in [9.17, 15) is 33.6 Å². The number of amides is 7. The maximum atomic E-state index is 13.6. The first-order valence-corrected chi connectivity index (χ1v) is 21.5. The molecule has 1 aliphatic carbocycles. The van der Waals surface area contributed by atoms with E-state index in [1.807, 2.05) is 6.07 Å². The molecule has 0 unspecified atom stereocenters. The summed E-state index contributed by atoms with van der Waals surface area (Å²) in [4.78, 5) is 106. The Morgan fingerprint density at radius 2 is 1.69 bits per heavy atom. The number of rotatable bonds is 23. The minimum atomic E-state index is -1.04.